The number of rotatable bonds is 2. The average Bonchev–Trinajstić information content (AvgIpc) is 2.37. The van der Waals surface area contributed by atoms with Gasteiger partial charge in [0.1, 0.15) is 0 Å². The molecule has 0 saturated carbocycles. The Kier molecular flexibility index (Phi) is 3.66. The van der Waals surface area contributed by atoms with Gasteiger partial charge in [-0.2, -0.15) is 0 Å². The van der Waals surface area contributed by atoms with Crippen molar-refractivity contribution < 1.29 is 14.3 Å². The van der Waals surface area contributed by atoms with Crippen LogP contribution in [0, 0.1) is 0 Å². The summed E-state index contributed by atoms with van der Waals surface area (Å²) in [6.07, 6.45) is 5.29. The van der Waals surface area contributed by atoms with Gasteiger partial charge in [0.2, 0.25) is 0 Å². The molecule has 98 valence electrons. The topological polar surface area (TPSA) is 48.4 Å². The average molecular weight is 249 g/mol. The first kappa shape index (κ1) is 13.0. The quantitative estimate of drug-likeness (QED) is 0.756. The van der Waals surface area contributed by atoms with Crippen LogP contribution < -0.4 is 0 Å². The van der Waals surface area contributed by atoms with Crippen molar-refractivity contribution in [3.63, 3.8) is 0 Å². The van der Waals surface area contributed by atoms with E-state index in [9.17, 15) is 4.79 Å². The van der Waals surface area contributed by atoms with Gasteiger partial charge in [-0.05, 0) is 44.2 Å². The third-order valence-electron chi connectivity index (χ3n) is 3.35. The van der Waals surface area contributed by atoms with Gasteiger partial charge in [-0.15, -0.1) is 0 Å². The second kappa shape index (κ2) is 5.06. The minimum Gasteiger partial charge on any atom is -0.465 e. The van der Waals surface area contributed by atoms with E-state index in [1.807, 2.05) is 12.3 Å². The van der Waals surface area contributed by atoms with Crippen LogP contribution in [-0.4, -0.2) is 30.3 Å². The largest absolute Gasteiger partial charge is 0.465 e. The van der Waals surface area contributed by atoms with Crippen LogP contribution in [0.15, 0.2) is 18.5 Å². The van der Waals surface area contributed by atoms with Crippen molar-refractivity contribution in [2.45, 2.75) is 38.2 Å². The molecule has 1 fully saturated rings. The Balaban J connectivity index is 2.20. The number of aromatic nitrogens is 1. The highest BCUT2D eigenvalue weighted by molar-refractivity contribution is 5.89. The van der Waals surface area contributed by atoms with Crippen LogP contribution in [0.3, 0.4) is 0 Å². The minimum absolute atomic E-state index is 0.107. The highest BCUT2D eigenvalue weighted by Crippen LogP contribution is 2.35. The van der Waals surface area contributed by atoms with Crippen LogP contribution in [0.25, 0.3) is 0 Å². The number of hydrogen-bond donors (Lipinski definition) is 0. The number of esters is 1. The van der Waals surface area contributed by atoms with E-state index < -0.39 is 0 Å². The van der Waals surface area contributed by atoms with E-state index in [-0.39, 0.29) is 11.6 Å². The molecular formula is C14H19NO3. The summed E-state index contributed by atoms with van der Waals surface area (Å²) in [5.41, 5.74) is 1.50. The lowest BCUT2D eigenvalue weighted by Crippen LogP contribution is -2.33. The molecule has 1 aromatic rings. The Morgan fingerprint density at radius 2 is 2.28 bits per heavy atom. The molecule has 0 aliphatic carbocycles. The molecule has 2 rings (SSSR count). The molecule has 0 aromatic carbocycles. The van der Waals surface area contributed by atoms with E-state index in [1.54, 1.807) is 6.20 Å². The first-order valence-electron chi connectivity index (χ1n) is 6.19. The number of nitrogens with zero attached hydrogens (tertiary/aromatic N) is 1. The Labute approximate surface area is 107 Å². The number of methoxy groups -OCH3 is 1. The van der Waals surface area contributed by atoms with Crippen molar-refractivity contribution >= 4 is 5.97 Å². The maximum Gasteiger partial charge on any atom is 0.339 e. The summed E-state index contributed by atoms with van der Waals surface area (Å²) in [7, 11) is 1.38. The minimum atomic E-state index is -0.337. The maximum atomic E-state index is 11.5. The van der Waals surface area contributed by atoms with Crippen molar-refractivity contribution in [1.82, 2.24) is 4.98 Å². The fourth-order valence-electron chi connectivity index (χ4n) is 2.43. The standard InChI is InChI=1S/C14H19NO3/c1-14(2)7-10(4-5-18-14)11-6-12(9-15-8-11)13(16)17-3/h6,8-10H,4-5,7H2,1-3H3. The fraction of sp³-hybridized carbons (Fsp3) is 0.571. The summed E-state index contributed by atoms with van der Waals surface area (Å²) in [6, 6.07) is 1.88. The van der Waals surface area contributed by atoms with Crippen molar-refractivity contribution in [3.05, 3.63) is 29.6 Å². The van der Waals surface area contributed by atoms with E-state index in [2.05, 4.69) is 18.8 Å². The Morgan fingerprint density at radius 1 is 1.50 bits per heavy atom. The second-order valence-electron chi connectivity index (χ2n) is 5.30. The van der Waals surface area contributed by atoms with Crippen molar-refractivity contribution in [2.24, 2.45) is 0 Å². The van der Waals surface area contributed by atoms with Gasteiger partial charge >= 0.3 is 5.97 Å². The van der Waals surface area contributed by atoms with Crippen LogP contribution in [0.2, 0.25) is 0 Å². The SMILES string of the molecule is COC(=O)c1cncc(C2CCOC(C)(C)C2)c1. The molecule has 1 aliphatic rings. The summed E-state index contributed by atoms with van der Waals surface area (Å²) < 4.78 is 10.4. The molecule has 0 bridgehead atoms. The van der Waals surface area contributed by atoms with Crippen LogP contribution in [-0.2, 0) is 9.47 Å². The van der Waals surface area contributed by atoms with Crippen molar-refractivity contribution in [2.75, 3.05) is 13.7 Å². The number of hydrogen-bond acceptors (Lipinski definition) is 4. The lowest BCUT2D eigenvalue weighted by atomic mass is 9.84. The van der Waals surface area contributed by atoms with Crippen molar-refractivity contribution in [1.29, 1.82) is 0 Å². The van der Waals surface area contributed by atoms with Crippen LogP contribution in [0.5, 0.6) is 0 Å². The van der Waals surface area contributed by atoms with Gasteiger partial charge in [-0.1, -0.05) is 0 Å². The molecular weight excluding hydrogens is 230 g/mol. The molecule has 1 atom stereocenters. The molecule has 2 heterocycles. The van der Waals surface area contributed by atoms with Gasteiger partial charge in [0, 0.05) is 19.0 Å². The molecule has 1 aromatic heterocycles. The summed E-state index contributed by atoms with van der Waals surface area (Å²) in [5.74, 6) is 0.0570. The molecule has 0 amide bonds. The van der Waals surface area contributed by atoms with Gasteiger partial charge in [0.25, 0.3) is 0 Å². The number of carbonyl (C=O) groups excluding carboxylic acids is 1. The monoisotopic (exact) mass is 249 g/mol. The molecule has 1 aliphatic heterocycles. The zero-order valence-electron chi connectivity index (χ0n) is 11.1. The van der Waals surface area contributed by atoms with Gasteiger partial charge in [0.05, 0.1) is 18.3 Å². The second-order valence-corrected chi connectivity index (χ2v) is 5.30. The Bertz CT molecular complexity index is 442. The third-order valence-corrected chi connectivity index (χ3v) is 3.35. The molecule has 0 radical (unpaired) electrons. The van der Waals surface area contributed by atoms with Gasteiger partial charge in [-0.25, -0.2) is 4.79 Å². The molecule has 1 saturated heterocycles. The highest BCUT2D eigenvalue weighted by Gasteiger charge is 2.30. The summed E-state index contributed by atoms with van der Waals surface area (Å²) >= 11 is 0. The first-order chi connectivity index (χ1) is 8.52. The number of carbonyl (C=O) groups is 1. The van der Waals surface area contributed by atoms with Crippen LogP contribution in [0.4, 0.5) is 0 Å². The van der Waals surface area contributed by atoms with Gasteiger partial charge in [0.15, 0.2) is 0 Å². The van der Waals surface area contributed by atoms with E-state index in [0.717, 1.165) is 25.0 Å². The Morgan fingerprint density at radius 3 is 2.94 bits per heavy atom. The van der Waals surface area contributed by atoms with Gasteiger partial charge in [-0.3, -0.25) is 4.98 Å². The molecule has 4 nitrogen and oxygen atoms in total. The predicted octanol–water partition coefficient (Wildman–Crippen LogP) is 2.54. The normalized spacial score (nSPS) is 22.5. The molecule has 1 unspecified atom stereocenters. The summed E-state index contributed by atoms with van der Waals surface area (Å²) in [6.45, 7) is 4.94. The van der Waals surface area contributed by atoms with E-state index in [0.29, 0.717) is 11.5 Å². The first-order valence-corrected chi connectivity index (χ1v) is 6.19. The smallest absolute Gasteiger partial charge is 0.339 e. The predicted molar refractivity (Wildman–Crippen MR) is 67.6 cm³/mol. The molecule has 0 N–H and O–H groups in total. The zero-order chi connectivity index (χ0) is 13.2. The zero-order valence-corrected chi connectivity index (χ0v) is 11.1. The lowest BCUT2D eigenvalue weighted by molar-refractivity contribution is -0.0593. The lowest BCUT2D eigenvalue weighted by Gasteiger charge is -2.35. The highest BCUT2D eigenvalue weighted by atomic mass is 16.5. The maximum absolute atomic E-state index is 11.5. The van der Waals surface area contributed by atoms with E-state index in [4.69, 9.17) is 9.47 Å². The number of pyridine rings is 1. The molecule has 4 heteroatoms. The van der Waals surface area contributed by atoms with Crippen LogP contribution >= 0.6 is 0 Å². The van der Waals surface area contributed by atoms with Crippen molar-refractivity contribution in [3.8, 4) is 0 Å². The molecule has 0 spiro atoms. The van der Waals surface area contributed by atoms with Gasteiger partial charge < -0.3 is 9.47 Å². The summed E-state index contributed by atoms with van der Waals surface area (Å²) in [5, 5.41) is 0. The Hall–Kier alpha value is -1.42. The van der Waals surface area contributed by atoms with Crippen LogP contribution in [0.1, 0.15) is 48.5 Å². The third kappa shape index (κ3) is 2.88. The summed E-state index contributed by atoms with van der Waals surface area (Å²) in [4.78, 5) is 15.6. The fourth-order valence-corrected chi connectivity index (χ4v) is 2.43. The van der Waals surface area contributed by atoms with E-state index >= 15 is 0 Å². The number of ether oxygens (including phenoxy) is 2. The van der Waals surface area contributed by atoms with E-state index in [1.165, 1.54) is 7.11 Å². The molecule has 18 heavy (non-hydrogen) atoms.